The zero-order valence-electron chi connectivity index (χ0n) is 10.7. The molecule has 2 atom stereocenters. The lowest BCUT2D eigenvalue weighted by Crippen LogP contribution is -2.36. The number of hydrogen-bond acceptors (Lipinski definition) is 4. The monoisotopic (exact) mass is 260 g/mol. The molecule has 1 aliphatic rings. The molecule has 0 aromatic rings. The predicted molar refractivity (Wildman–Crippen MR) is 72.3 cm³/mol. The molecule has 2 unspecified atom stereocenters. The van der Waals surface area contributed by atoms with Gasteiger partial charge in [-0.3, -0.25) is 4.79 Å². The third-order valence-corrected chi connectivity index (χ3v) is 4.21. The van der Waals surface area contributed by atoms with Crippen molar-refractivity contribution in [2.45, 2.75) is 50.5 Å². The van der Waals surface area contributed by atoms with Crippen molar-refractivity contribution in [2.75, 3.05) is 18.8 Å². The Labute approximate surface area is 108 Å². The Bertz CT molecular complexity index is 231. The molecule has 17 heavy (non-hydrogen) atoms. The van der Waals surface area contributed by atoms with E-state index in [2.05, 4.69) is 10.6 Å². The Morgan fingerprint density at radius 2 is 2.12 bits per heavy atom. The summed E-state index contributed by atoms with van der Waals surface area (Å²) in [7, 11) is 0. The molecule has 1 saturated heterocycles. The minimum Gasteiger partial charge on any atom is -0.393 e. The van der Waals surface area contributed by atoms with Crippen LogP contribution < -0.4 is 10.6 Å². The van der Waals surface area contributed by atoms with Crippen LogP contribution in [0, 0.1) is 0 Å². The number of thioether (sulfide) groups is 1. The normalized spacial score (nSPS) is 20.9. The number of aliphatic hydroxyl groups excluding tert-OH is 1. The highest BCUT2D eigenvalue weighted by Crippen LogP contribution is 2.19. The summed E-state index contributed by atoms with van der Waals surface area (Å²) in [5.74, 6) is 0.621. The maximum atomic E-state index is 11.6. The van der Waals surface area contributed by atoms with Gasteiger partial charge in [-0.25, -0.2) is 0 Å². The molecule has 0 bridgehead atoms. The minimum atomic E-state index is -0.359. The fourth-order valence-electron chi connectivity index (χ4n) is 2.04. The Balaban J connectivity index is 2.11. The smallest absolute Gasteiger partial charge is 0.230 e. The Kier molecular flexibility index (Phi) is 6.92. The molecule has 0 aliphatic carbocycles. The first-order chi connectivity index (χ1) is 8.08. The maximum absolute atomic E-state index is 11.6. The third kappa shape index (κ3) is 6.91. The van der Waals surface area contributed by atoms with Crippen LogP contribution in [0.15, 0.2) is 0 Å². The van der Waals surface area contributed by atoms with Crippen LogP contribution in [-0.2, 0) is 4.79 Å². The molecule has 1 fully saturated rings. The number of rotatable bonds is 6. The van der Waals surface area contributed by atoms with Crippen molar-refractivity contribution in [1.29, 1.82) is 0 Å². The van der Waals surface area contributed by atoms with Gasteiger partial charge in [0.05, 0.1) is 11.9 Å². The fourth-order valence-corrected chi connectivity index (χ4v) is 3.08. The van der Waals surface area contributed by atoms with E-state index in [9.17, 15) is 9.90 Å². The van der Waals surface area contributed by atoms with Crippen molar-refractivity contribution in [3.63, 3.8) is 0 Å². The molecule has 1 amide bonds. The van der Waals surface area contributed by atoms with E-state index in [0.29, 0.717) is 17.4 Å². The van der Waals surface area contributed by atoms with E-state index in [0.717, 1.165) is 25.9 Å². The number of aliphatic hydroxyl groups is 1. The molecule has 1 heterocycles. The molecule has 0 saturated carbocycles. The third-order valence-electron chi connectivity index (χ3n) is 2.84. The van der Waals surface area contributed by atoms with Crippen molar-refractivity contribution in [3.05, 3.63) is 0 Å². The highest BCUT2D eigenvalue weighted by molar-refractivity contribution is 8.00. The number of hydrogen-bond donors (Lipinski definition) is 3. The Morgan fingerprint density at radius 1 is 1.47 bits per heavy atom. The molecular formula is C12H24N2O2S. The first-order valence-electron chi connectivity index (χ1n) is 6.37. The summed E-state index contributed by atoms with van der Waals surface area (Å²) in [5, 5.41) is 16.1. The number of carbonyl (C=O) groups is 1. The Morgan fingerprint density at radius 3 is 2.71 bits per heavy atom. The van der Waals surface area contributed by atoms with Gasteiger partial charge < -0.3 is 15.7 Å². The molecule has 4 nitrogen and oxygen atoms in total. The lowest BCUT2D eigenvalue weighted by atomic mass is 10.1. The summed E-state index contributed by atoms with van der Waals surface area (Å²) < 4.78 is 0. The maximum Gasteiger partial charge on any atom is 0.230 e. The van der Waals surface area contributed by atoms with Crippen LogP contribution in [0.5, 0.6) is 0 Å². The number of piperidine rings is 1. The van der Waals surface area contributed by atoms with Crippen molar-refractivity contribution in [3.8, 4) is 0 Å². The van der Waals surface area contributed by atoms with E-state index in [1.165, 1.54) is 0 Å². The SMILES string of the molecule is CC(O)CC(C)NC(=O)CSC1CCNCC1. The second-order valence-electron chi connectivity index (χ2n) is 4.81. The quantitative estimate of drug-likeness (QED) is 0.659. The first kappa shape index (κ1) is 14.8. The zero-order chi connectivity index (χ0) is 12.7. The van der Waals surface area contributed by atoms with Crippen LogP contribution in [0.2, 0.25) is 0 Å². The van der Waals surface area contributed by atoms with E-state index in [1.54, 1.807) is 18.7 Å². The largest absolute Gasteiger partial charge is 0.393 e. The number of nitrogens with one attached hydrogen (secondary N) is 2. The van der Waals surface area contributed by atoms with Gasteiger partial charge in [-0.1, -0.05) is 0 Å². The van der Waals surface area contributed by atoms with E-state index < -0.39 is 0 Å². The van der Waals surface area contributed by atoms with Crippen LogP contribution in [0.4, 0.5) is 0 Å². The predicted octanol–water partition coefficient (Wildman–Crippen LogP) is 0.747. The molecule has 0 aromatic carbocycles. The molecule has 0 spiro atoms. The van der Waals surface area contributed by atoms with Crippen LogP contribution >= 0.6 is 11.8 Å². The molecule has 0 radical (unpaired) electrons. The summed E-state index contributed by atoms with van der Waals surface area (Å²) in [4.78, 5) is 11.6. The van der Waals surface area contributed by atoms with E-state index in [1.807, 2.05) is 6.92 Å². The van der Waals surface area contributed by atoms with E-state index in [4.69, 9.17) is 0 Å². The summed E-state index contributed by atoms with van der Waals surface area (Å²) in [6.45, 7) is 5.81. The summed E-state index contributed by atoms with van der Waals surface area (Å²) in [6.07, 6.45) is 2.56. The lowest BCUT2D eigenvalue weighted by molar-refractivity contribution is -0.119. The van der Waals surface area contributed by atoms with Crippen LogP contribution in [0.3, 0.4) is 0 Å². The lowest BCUT2D eigenvalue weighted by Gasteiger charge is -2.22. The molecule has 0 aromatic heterocycles. The van der Waals surface area contributed by atoms with Crippen molar-refractivity contribution >= 4 is 17.7 Å². The topological polar surface area (TPSA) is 61.4 Å². The molecule has 1 rings (SSSR count). The second-order valence-corrected chi connectivity index (χ2v) is 6.10. The number of carbonyl (C=O) groups excluding carboxylic acids is 1. The van der Waals surface area contributed by atoms with Gasteiger partial charge >= 0.3 is 0 Å². The molecule has 1 aliphatic heterocycles. The van der Waals surface area contributed by atoms with Gasteiger partial charge in [-0.2, -0.15) is 0 Å². The van der Waals surface area contributed by atoms with Gasteiger partial charge in [0.15, 0.2) is 0 Å². The second kappa shape index (κ2) is 7.95. The van der Waals surface area contributed by atoms with Crippen molar-refractivity contribution in [1.82, 2.24) is 10.6 Å². The van der Waals surface area contributed by atoms with Crippen molar-refractivity contribution in [2.24, 2.45) is 0 Å². The highest BCUT2D eigenvalue weighted by atomic mass is 32.2. The zero-order valence-corrected chi connectivity index (χ0v) is 11.6. The fraction of sp³-hybridized carbons (Fsp3) is 0.917. The average Bonchev–Trinajstić information content (AvgIpc) is 2.26. The van der Waals surface area contributed by atoms with E-state index in [-0.39, 0.29) is 18.1 Å². The van der Waals surface area contributed by atoms with Gasteiger partial charge in [0.1, 0.15) is 0 Å². The minimum absolute atomic E-state index is 0.0520. The van der Waals surface area contributed by atoms with Crippen LogP contribution in [0.1, 0.15) is 33.1 Å². The number of amides is 1. The average molecular weight is 260 g/mol. The van der Waals surface area contributed by atoms with Crippen molar-refractivity contribution < 1.29 is 9.90 Å². The summed E-state index contributed by atoms with van der Waals surface area (Å²) in [6, 6.07) is 0.0520. The van der Waals surface area contributed by atoms with Gasteiger partial charge in [-0.05, 0) is 46.2 Å². The Hall–Kier alpha value is -0.260. The van der Waals surface area contributed by atoms with Gasteiger partial charge in [0, 0.05) is 11.3 Å². The van der Waals surface area contributed by atoms with Crippen LogP contribution in [-0.4, -0.2) is 47.3 Å². The van der Waals surface area contributed by atoms with Crippen LogP contribution in [0.25, 0.3) is 0 Å². The van der Waals surface area contributed by atoms with E-state index >= 15 is 0 Å². The van der Waals surface area contributed by atoms with Gasteiger partial charge in [0.2, 0.25) is 5.91 Å². The molecule has 3 N–H and O–H groups in total. The molecular weight excluding hydrogens is 236 g/mol. The molecule has 5 heteroatoms. The van der Waals surface area contributed by atoms with Gasteiger partial charge in [0.25, 0.3) is 0 Å². The first-order valence-corrected chi connectivity index (χ1v) is 7.42. The highest BCUT2D eigenvalue weighted by Gasteiger charge is 2.16. The summed E-state index contributed by atoms with van der Waals surface area (Å²) in [5.41, 5.74) is 0. The summed E-state index contributed by atoms with van der Waals surface area (Å²) >= 11 is 1.75. The molecule has 100 valence electrons. The standard InChI is InChI=1S/C12H24N2O2S/c1-9(7-10(2)15)14-12(16)8-17-11-3-5-13-6-4-11/h9-11,13,15H,3-8H2,1-2H3,(H,14,16). The van der Waals surface area contributed by atoms with Gasteiger partial charge in [-0.15, -0.1) is 11.8 Å².